The minimum atomic E-state index is -4.58. The smallest absolute Gasteiger partial charge is 0.481 e. The van der Waals surface area contributed by atoms with Crippen molar-refractivity contribution >= 4 is 12.6 Å². The van der Waals surface area contributed by atoms with Gasteiger partial charge in [0.15, 0.2) is 18.2 Å². The van der Waals surface area contributed by atoms with E-state index in [1.54, 1.807) is 0 Å². The highest BCUT2D eigenvalue weighted by Crippen LogP contribution is 2.20. The van der Waals surface area contributed by atoms with E-state index in [9.17, 15) is 17.6 Å². The molecule has 0 bridgehead atoms. The predicted octanol–water partition coefficient (Wildman–Crippen LogP) is 0.447. The van der Waals surface area contributed by atoms with Gasteiger partial charge in [0.1, 0.15) is 0 Å². The van der Waals surface area contributed by atoms with E-state index in [1.807, 2.05) is 0 Å². The first-order chi connectivity index (χ1) is 7.31. The summed E-state index contributed by atoms with van der Waals surface area (Å²) in [7, 11) is -2.10. The lowest BCUT2D eigenvalue weighted by Gasteiger charge is -2.11. The largest absolute Gasteiger partial charge is 0.491 e. The highest BCUT2D eigenvalue weighted by Gasteiger charge is 2.29. The van der Waals surface area contributed by atoms with Gasteiger partial charge < -0.3 is 14.8 Å². The average Bonchev–Trinajstić information content (AvgIpc) is 2.14. The molecule has 88 valence electrons. The number of hydrogen-bond donors (Lipinski definition) is 2. The first-order valence-corrected chi connectivity index (χ1v) is 4.15. The highest BCUT2D eigenvalue weighted by atomic mass is 19.4. The van der Waals surface area contributed by atoms with Gasteiger partial charge in [-0.05, 0) is 6.07 Å². The molecular formula is C8H7BF4O3. The van der Waals surface area contributed by atoms with Crippen LogP contribution in [0.5, 0.6) is 5.75 Å². The Labute approximate surface area is 88.4 Å². The molecule has 16 heavy (non-hydrogen) atoms. The Morgan fingerprint density at radius 1 is 1.25 bits per heavy atom. The Kier molecular flexibility index (Phi) is 3.76. The number of halogens is 4. The monoisotopic (exact) mass is 238 g/mol. The summed E-state index contributed by atoms with van der Waals surface area (Å²) in [5.74, 6) is -1.90. The summed E-state index contributed by atoms with van der Waals surface area (Å²) in [5.41, 5.74) is -0.542. The number of rotatable bonds is 3. The molecule has 0 atom stereocenters. The molecule has 0 saturated carbocycles. The second-order valence-corrected chi connectivity index (χ2v) is 2.94. The normalized spacial score (nSPS) is 11.4. The quantitative estimate of drug-likeness (QED) is 0.593. The zero-order chi connectivity index (χ0) is 12.3. The fourth-order valence-corrected chi connectivity index (χ4v) is 0.998. The van der Waals surface area contributed by atoms with E-state index in [-0.39, 0.29) is 0 Å². The molecule has 0 saturated heterocycles. The molecule has 8 heteroatoms. The average molecular weight is 238 g/mol. The molecule has 3 nitrogen and oxygen atoms in total. The molecule has 0 fully saturated rings. The zero-order valence-corrected chi connectivity index (χ0v) is 7.83. The second kappa shape index (κ2) is 4.71. The van der Waals surface area contributed by atoms with Crippen LogP contribution in [0.2, 0.25) is 0 Å². The first-order valence-electron chi connectivity index (χ1n) is 4.15. The molecule has 0 aliphatic rings. The Morgan fingerprint density at radius 2 is 1.88 bits per heavy atom. The van der Waals surface area contributed by atoms with Crippen LogP contribution in [-0.2, 0) is 0 Å². The summed E-state index contributed by atoms with van der Waals surface area (Å²) in [5, 5.41) is 17.4. The van der Waals surface area contributed by atoms with E-state index in [2.05, 4.69) is 4.74 Å². The number of hydrogen-bond acceptors (Lipinski definition) is 3. The Bertz CT molecular complexity index is 367. The lowest BCUT2D eigenvalue weighted by Crippen LogP contribution is -2.33. The molecule has 0 heterocycles. The van der Waals surface area contributed by atoms with Gasteiger partial charge in [-0.2, -0.15) is 13.2 Å². The van der Waals surface area contributed by atoms with Crippen LogP contribution in [0.15, 0.2) is 18.2 Å². The maximum absolute atomic E-state index is 13.3. The van der Waals surface area contributed by atoms with Gasteiger partial charge in [0.25, 0.3) is 0 Å². The Morgan fingerprint density at radius 3 is 2.38 bits per heavy atom. The minimum absolute atomic E-state index is 0.542. The molecule has 0 amide bonds. The van der Waals surface area contributed by atoms with Gasteiger partial charge in [-0.15, -0.1) is 0 Å². The van der Waals surface area contributed by atoms with Gasteiger partial charge in [0.05, 0.1) is 0 Å². The maximum atomic E-state index is 13.3. The van der Waals surface area contributed by atoms with Gasteiger partial charge in [-0.3, -0.25) is 0 Å². The standard InChI is InChI=1S/C8H7BF4O3/c10-7-5(9(14)15)2-1-3-6(7)16-4-8(11,12)13/h1-3,14-15H,4H2. The van der Waals surface area contributed by atoms with E-state index in [4.69, 9.17) is 10.0 Å². The maximum Gasteiger partial charge on any atom is 0.491 e. The summed E-state index contributed by atoms with van der Waals surface area (Å²) >= 11 is 0. The van der Waals surface area contributed by atoms with Crippen molar-refractivity contribution in [1.82, 2.24) is 0 Å². The van der Waals surface area contributed by atoms with Crippen molar-refractivity contribution in [1.29, 1.82) is 0 Å². The van der Waals surface area contributed by atoms with Crippen molar-refractivity contribution in [3.8, 4) is 5.75 Å². The number of alkyl halides is 3. The SMILES string of the molecule is OB(O)c1cccc(OCC(F)(F)F)c1F. The van der Waals surface area contributed by atoms with E-state index >= 15 is 0 Å². The van der Waals surface area contributed by atoms with Crippen LogP contribution in [0.3, 0.4) is 0 Å². The van der Waals surface area contributed by atoms with Crippen LogP contribution in [0.25, 0.3) is 0 Å². The van der Waals surface area contributed by atoms with Crippen LogP contribution in [0, 0.1) is 5.82 Å². The second-order valence-electron chi connectivity index (χ2n) is 2.94. The molecule has 0 aromatic heterocycles. The third-order valence-corrected chi connectivity index (χ3v) is 1.66. The van der Waals surface area contributed by atoms with Crippen LogP contribution in [0.4, 0.5) is 17.6 Å². The Hall–Kier alpha value is -1.28. The van der Waals surface area contributed by atoms with Gasteiger partial charge in [-0.25, -0.2) is 4.39 Å². The van der Waals surface area contributed by atoms with Crippen molar-refractivity contribution in [2.75, 3.05) is 6.61 Å². The summed E-state index contributed by atoms with van der Waals surface area (Å²) in [6, 6.07) is 3.15. The summed E-state index contributed by atoms with van der Waals surface area (Å²) in [4.78, 5) is 0. The van der Waals surface area contributed by atoms with E-state index in [1.165, 1.54) is 0 Å². The lowest BCUT2D eigenvalue weighted by molar-refractivity contribution is -0.153. The molecule has 2 N–H and O–H groups in total. The van der Waals surface area contributed by atoms with Crippen LogP contribution >= 0.6 is 0 Å². The first kappa shape index (κ1) is 12.8. The fraction of sp³-hybridized carbons (Fsp3) is 0.250. The third kappa shape index (κ3) is 3.39. The molecule has 1 aromatic carbocycles. The molecule has 1 aromatic rings. The summed E-state index contributed by atoms with van der Waals surface area (Å²) < 4.78 is 52.8. The van der Waals surface area contributed by atoms with Crippen molar-refractivity contribution in [3.05, 3.63) is 24.0 Å². The highest BCUT2D eigenvalue weighted by molar-refractivity contribution is 6.58. The molecule has 0 radical (unpaired) electrons. The molecule has 0 spiro atoms. The van der Waals surface area contributed by atoms with Gasteiger partial charge in [0.2, 0.25) is 0 Å². The number of ether oxygens (including phenoxy) is 1. The van der Waals surface area contributed by atoms with Gasteiger partial charge >= 0.3 is 13.3 Å². The van der Waals surface area contributed by atoms with Gasteiger partial charge in [0, 0.05) is 5.46 Å². The fourth-order valence-electron chi connectivity index (χ4n) is 0.998. The van der Waals surface area contributed by atoms with Crippen LogP contribution in [0.1, 0.15) is 0 Å². The van der Waals surface area contributed by atoms with E-state index in [0.29, 0.717) is 0 Å². The lowest BCUT2D eigenvalue weighted by atomic mass is 9.80. The molecule has 0 aliphatic heterocycles. The summed E-state index contributed by atoms with van der Waals surface area (Å²) in [6.45, 7) is -1.64. The Balaban J connectivity index is 2.85. The predicted molar refractivity (Wildman–Crippen MR) is 47.8 cm³/mol. The molecule has 0 unspecified atom stereocenters. The van der Waals surface area contributed by atoms with Crippen LogP contribution in [-0.4, -0.2) is 29.9 Å². The minimum Gasteiger partial charge on any atom is -0.481 e. The van der Waals surface area contributed by atoms with Crippen molar-refractivity contribution in [2.24, 2.45) is 0 Å². The van der Waals surface area contributed by atoms with Crippen molar-refractivity contribution in [2.45, 2.75) is 6.18 Å². The number of benzene rings is 1. The molecule has 1 rings (SSSR count). The third-order valence-electron chi connectivity index (χ3n) is 1.66. The van der Waals surface area contributed by atoms with Crippen molar-refractivity contribution < 1.29 is 32.3 Å². The van der Waals surface area contributed by atoms with E-state index in [0.717, 1.165) is 18.2 Å². The van der Waals surface area contributed by atoms with Crippen molar-refractivity contribution in [3.63, 3.8) is 0 Å². The summed E-state index contributed by atoms with van der Waals surface area (Å²) in [6.07, 6.45) is -4.58. The van der Waals surface area contributed by atoms with Crippen LogP contribution < -0.4 is 10.2 Å². The zero-order valence-electron chi connectivity index (χ0n) is 7.83. The topological polar surface area (TPSA) is 49.7 Å². The molecular weight excluding hydrogens is 231 g/mol. The molecule has 0 aliphatic carbocycles. The van der Waals surface area contributed by atoms with E-state index < -0.39 is 36.9 Å². The van der Waals surface area contributed by atoms with Gasteiger partial charge in [-0.1, -0.05) is 12.1 Å².